The van der Waals surface area contributed by atoms with Crippen LogP contribution in [0.15, 0.2) is 53.9 Å². The highest BCUT2D eigenvalue weighted by Crippen LogP contribution is 2.35. The number of nitrogen functional groups attached to an aromatic ring is 1. The number of thiophene rings is 1. The second-order valence-corrected chi connectivity index (χ2v) is 10.3. The molecule has 3 aromatic rings. The summed E-state index contributed by atoms with van der Waals surface area (Å²) in [6.07, 6.45) is 0.245. The molecule has 11 heteroatoms. The number of hydrogen-bond acceptors (Lipinski definition) is 6. The predicted molar refractivity (Wildman–Crippen MR) is 137 cm³/mol. The first-order valence-electron chi connectivity index (χ1n) is 12.0. The highest BCUT2D eigenvalue weighted by Gasteiger charge is 2.52. The minimum absolute atomic E-state index is 0.0267. The lowest BCUT2D eigenvalue weighted by Gasteiger charge is -2.24. The fourth-order valence-corrected chi connectivity index (χ4v) is 5.57. The Balaban J connectivity index is 1.27. The Morgan fingerprint density at radius 1 is 1.13 bits per heavy atom. The molecule has 4 N–H and O–H groups in total. The molecule has 8 nitrogen and oxygen atoms in total. The number of likely N-dealkylation sites (tertiary alicyclic amines) is 1. The van der Waals surface area contributed by atoms with Crippen LogP contribution in [0.4, 0.5) is 8.78 Å². The average Bonchev–Trinajstić information content (AvgIpc) is 3.64. The van der Waals surface area contributed by atoms with Gasteiger partial charge in [-0.05, 0) is 29.3 Å². The number of halogens is 2. The molecule has 2 fully saturated rings. The van der Waals surface area contributed by atoms with Crippen molar-refractivity contribution in [3.05, 3.63) is 81.5 Å². The molecule has 1 atom stereocenters. The van der Waals surface area contributed by atoms with Gasteiger partial charge in [0.25, 0.3) is 0 Å². The van der Waals surface area contributed by atoms with Crippen LogP contribution in [0.2, 0.25) is 0 Å². The number of carbonyl (C=O) groups is 2. The highest BCUT2D eigenvalue weighted by atomic mass is 32.1. The smallest absolute Gasteiger partial charge is 0.243 e. The lowest BCUT2D eigenvalue weighted by atomic mass is 10.0. The number of ether oxygens (including phenoxy) is 2. The van der Waals surface area contributed by atoms with Crippen LogP contribution in [0.25, 0.3) is 11.1 Å². The van der Waals surface area contributed by atoms with Crippen LogP contribution in [0.3, 0.4) is 0 Å². The van der Waals surface area contributed by atoms with Gasteiger partial charge in [0, 0.05) is 33.9 Å². The maximum absolute atomic E-state index is 14.1. The number of amidine groups is 1. The van der Waals surface area contributed by atoms with Crippen molar-refractivity contribution in [2.45, 2.75) is 31.2 Å². The Labute approximate surface area is 221 Å². The molecular weight excluding hydrogens is 514 g/mol. The summed E-state index contributed by atoms with van der Waals surface area (Å²) < 4.78 is 39.0. The lowest BCUT2D eigenvalue weighted by Crippen LogP contribution is -2.46. The van der Waals surface area contributed by atoms with Crippen molar-refractivity contribution in [3.63, 3.8) is 0 Å². The molecule has 1 spiro atoms. The quantitative estimate of drug-likeness (QED) is 0.314. The number of amides is 2. The van der Waals surface area contributed by atoms with Gasteiger partial charge >= 0.3 is 0 Å². The van der Waals surface area contributed by atoms with E-state index in [-0.39, 0.29) is 49.1 Å². The van der Waals surface area contributed by atoms with Crippen molar-refractivity contribution < 1.29 is 27.8 Å². The Kier molecular flexibility index (Phi) is 7.24. The Bertz CT molecular complexity index is 1370. The molecule has 0 bridgehead atoms. The van der Waals surface area contributed by atoms with Gasteiger partial charge < -0.3 is 25.4 Å². The summed E-state index contributed by atoms with van der Waals surface area (Å²) in [7, 11) is 0. The summed E-state index contributed by atoms with van der Waals surface area (Å²) >= 11 is 1.38. The molecule has 2 aromatic carbocycles. The number of rotatable bonds is 7. The average molecular weight is 541 g/mol. The fourth-order valence-electron chi connectivity index (χ4n) is 4.75. The van der Waals surface area contributed by atoms with Crippen LogP contribution in [-0.2, 0) is 32.0 Å². The van der Waals surface area contributed by atoms with Crippen molar-refractivity contribution in [1.82, 2.24) is 10.2 Å². The van der Waals surface area contributed by atoms with E-state index in [2.05, 4.69) is 5.32 Å². The van der Waals surface area contributed by atoms with Crippen LogP contribution in [-0.4, -0.2) is 54.1 Å². The van der Waals surface area contributed by atoms with Gasteiger partial charge in [0.2, 0.25) is 11.8 Å². The maximum atomic E-state index is 14.1. The van der Waals surface area contributed by atoms with Gasteiger partial charge in [-0.3, -0.25) is 15.0 Å². The highest BCUT2D eigenvalue weighted by molar-refractivity contribution is 7.10. The standard InChI is InChI=1S/C27H26F2N4O4S/c28-19-5-6-21(22(29)11-19)17-3-1-16(2-4-17)9-24(34)33-15-27(36-7-8-37-27)12-23(33)26(35)32-13-20-10-18(14-38-20)25(30)31/h1-6,10-11,14,23H,7-9,12-13,15H2,(H3,30,31)(H,32,35). The van der Waals surface area contributed by atoms with Gasteiger partial charge in [0.1, 0.15) is 23.5 Å². The van der Waals surface area contributed by atoms with Gasteiger partial charge in [-0.1, -0.05) is 24.3 Å². The summed E-state index contributed by atoms with van der Waals surface area (Å²) in [4.78, 5) is 28.9. The monoisotopic (exact) mass is 540 g/mol. The normalized spacial score (nSPS) is 18.2. The molecule has 5 rings (SSSR count). The van der Waals surface area contributed by atoms with Crippen molar-refractivity contribution >= 4 is 29.0 Å². The summed E-state index contributed by atoms with van der Waals surface area (Å²) in [6, 6.07) is 11.1. The number of carbonyl (C=O) groups excluding carboxylic acids is 2. The third-order valence-corrected chi connectivity index (χ3v) is 7.62. The first-order chi connectivity index (χ1) is 18.2. The van der Waals surface area contributed by atoms with Gasteiger partial charge in [-0.15, -0.1) is 11.3 Å². The van der Waals surface area contributed by atoms with Gasteiger partial charge in [0.15, 0.2) is 5.79 Å². The first kappa shape index (κ1) is 26.0. The molecule has 198 valence electrons. The second-order valence-electron chi connectivity index (χ2n) is 9.28. The Hall–Kier alpha value is -3.67. The molecule has 2 aliphatic heterocycles. The van der Waals surface area contributed by atoms with E-state index in [0.29, 0.717) is 29.9 Å². The molecule has 0 radical (unpaired) electrons. The Morgan fingerprint density at radius 2 is 1.87 bits per heavy atom. The lowest BCUT2D eigenvalue weighted by molar-refractivity contribution is -0.152. The van der Waals surface area contributed by atoms with Crippen LogP contribution in [0, 0.1) is 17.0 Å². The summed E-state index contributed by atoms with van der Waals surface area (Å²) in [5, 5.41) is 12.2. The molecular formula is C27H26F2N4O4S. The third kappa shape index (κ3) is 5.45. The molecule has 38 heavy (non-hydrogen) atoms. The number of nitrogens with two attached hydrogens (primary N) is 1. The number of hydrogen-bond donors (Lipinski definition) is 3. The zero-order valence-corrected chi connectivity index (χ0v) is 21.2. The van der Waals surface area contributed by atoms with Crippen LogP contribution < -0.4 is 11.1 Å². The van der Waals surface area contributed by atoms with E-state index in [4.69, 9.17) is 20.6 Å². The SMILES string of the molecule is N=C(N)c1csc(CNC(=O)C2CC3(CN2C(=O)Cc2ccc(-c4ccc(F)cc4F)cc2)OCCO3)c1. The van der Waals surface area contributed by atoms with Crippen molar-refractivity contribution in [1.29, 1.82) is 5.41 Å². The minimum Gasteiger partial charge on any atom is -0.384 e. The van der Waals surface area contributed by atoms with Crippen LogP contribution in [0.5, 0.6) is 0 Å². The molecule has 1 aromatic heterocycles. The van der Waals surface area contributed by atoms with E-state index in [0.717, 1.165) is 10.9 Å². The van der Waals surface area contributed by atoms with E-state index in [9.17, 15) is 18.4 Å². The first-order valence-corrected chi connectivity index (χ1v) is 12.9. The molecule has 0 saturated carbocycles. The van der Waals surface area contributed by atoms with Gasteiger partial charge in [0.05, 0.1) is 32.7 Å². The number of benzene rings is 2. The molecule has 2 aliphatic rings. The predicted octanol–water partition coefficient (Wildman–Crippen LogP) is 3.18. The van der Waals surface area contributed by atoms with E-state index < -0.39 is 23.5 Å². The van der Waals surface area contributed by atoms with Gasteiger partial charge in [-0.2, -0.15) is 0 Å². The topological polar surface area (TPSA) is 118 Å². The minimum atomic E-state index is -1.01. The molecule has 0 aliphatic carbocycles. The maximum Gasteiger partial charge on any atom is 0.243 e. The molecule has 2 saturated heterocycles. The number of nitrogens with zero attached hydrogens (tertiary/aromatic N) is 1. The summed E-state index contributed by atoms with van der Waals surface area (Å²) in [6.45, 7) is 1.16. The second kappa shape index (κ2) is 10.6. The molecule has 3 heterocycles. The van der Waals surface area contributed by atoms with Crippen LogP contribution in [0.1, 0.15) is 22.4 Å². The number of nitrogens with one attached hydrogen (secondary N) is 2. The van der Waals surface area contributed by atoms with Crippen molar-refractivity contribution in [2.24, 2.45) is 5.73 Å². The zero-order chi connectivity index (χ0) is 26.9. The summed E-state index contributed by atoms with van der Waals surface area (Å²) in [5.74, 6) is -2.96. The van der Waals surface area contributed by atoms with Gasteiger partial charge in [-0.25, -0.2) is 8.78 Å². The fraction of sp³-hybridized carbons (Fsp3) is 0.296. The largest absolute Gasteiger partial charge is 0.384 e. The molecule has 1 unspecified atom stereocenters. The molecule has 2 amide bonds. The van der Waals surface area contributed by atoms with E-state index in [1.165, 1.54) is 28.4 Å². The van der Waals surface area contributed by atoms with Crippen LogP contribution >= 0.6 is 11.3 Å². The third-order valence-electron chi connectivity index (χ3n) is 6.68. The zero-order valence-electron chi connectivity index (χ0n) is 20.3. The van der Waals surface area contributed by atoms with E-state index >= 15 is 0 Å². The van der Waals surface area contributed by atoms with E-state index in [1.807, 2.05) is 0 Å². The Morgan fingerprint density at radius 3 is 2.53 bits per heavy atom. The van der Waals surface area contributed by atoms with E-state index in [1.54, 1.807) is 35.7 Å². The van der Waals surface area contributed by atoms with Crippen molar-refractivity contribution in [3.8, 4) is 11.1 Å². The summed E-state index contributed by atoms with van der Waals surface area (Å²) in [5.41, 5.74) is 7.62. The van der Waals surface area contributed by atoms with Crippen molar-refractivity contribution in [2.75, 3.05) is 19.8 Å².